The molecule has 8 heteroatoms. The Labute approximate surface area is 132 Å². The molecule has 1 aromatic rings. The van der Waals surface area contributed by atoms with Crippen molar-refractivity contribution < 1.29 is 33.0 Å². The minimum absolute atomic E-state index is 0.436. The van der Waals surface area contributed by atoms with E-state index < -0.39 is 47.7 Å². The largest absolute Gasteiger partial charge is 0.488 e. The number of nitrogens with zero attached hydrogens (tertiary/aromatic N) is 1. The molecular formula is C15H19F2NO5. The monoisotopic (exact) mass is 331 g/mol. The second kappa shape index (κ2) is 7.26. The van der Waals surface area contributed by atoms with Crippen LogP contribution < -0.4 is 4.74 Å². The van der Waals surface area contributed by atoms with Crippen LogP contribution in [0.4, 0.5) is 13.6 Å². The summed E-state index contributed by atoms with van der Waals surface area (Å²) >= 11 is 0. The van der Waals surface area contributed by atoms with Gasteiger partial charge < -0.3 is 14.6 Å². The number of carbonyl (C=O) groups excluding carboxylic acids is 1. The van der Waals surface area contributed by atoms with E-state index in [4.69, 9.17) is 9.47 Å². The quantitative estimate of drug-likeness (QED) is 0.898. The third kappa shape index (κ3) is 5.39. The van der Waals surface area contributed by atoms with E-state index in [9.17, 15) is 23.5 Å². The normalized spacial score (nSPS) is 12.4. The van der Waals surface area contributed by atoms with Crippen LogP contribution in [0.3, 0.4) is 0 Å². The van der Waals surface area contributed by atoms with Gasteiger partial charge in [0.15, 0.2) is 17.6 Å². The molecular weight excluding hydrogens is 312 g/mol. The number of aliphatic carboxylic acids is 1. The van der Waals surface area contributed by atoms with Crippen molar-refractivity contribution in [3.63, 3.8) is 0 Å². The van der Waals surface area contributed by atoms with E-state index >= 15 is 0 Å². The van der Waals surface area contributed by atoms with Crippen LogP contribution in [-0.4, -0.2) is 47.4 Å². The van der Waals surface area contributed by atoms with Crippen molar-refractivity contribution in [2.75, 3.05) is 13.7 Å². The molecule has 0 radical (unpaired) electrons. The van der Waals surface area contributed by atoms with Crippen molar-refractivity contribution in [3.05, 3.63) is 29.8 Å². The fourth-order valence-corrected chi connectivity index (χ4v) is 1.57. The lowest BCUT2D eigenvalue weighted by molar-refractivity contribution is -0.143. The lowest BCUT2D eigenvalue weighted by Crippen LogP contribution is -2.47. The molecule has 128 valence electrons. The van der Waals surface area contributed by atoms with E-state index in [-0.39, 0.29) is 0 Å². The number of likely N-dealkylation sites (N-methyl/N-ethyl adjacent to an activating group) is 1. The fourth-order valence-electron chi connectivity index (χ4n) is 1.57. The molecule has 0 aliphatic rings. The van der Waals surface area contributed by atoms with Crippen LogP contribution in [-0.2, 0) is 9.53 Å². The van der Waals surface area contributed by atoms with E-state index in [0.29, 0.717) is 0 Å². The van der Waals surface area contributed by atoms with E-state index in [0.717, 1.165) is 17.0 Å². The Kier molecular flexibility index (Phi) is 5.89. The van der Waals surface area contributed by atoms with E-state index in [1.807, 2.05) is 0 Å². The zero-order valence-electron chi connectivity index (χ0n) is 13.3. The summed E-state index contributed by atoms with van der Waals surface area (Å²) in [6.45, 7) is 4.33. The fraction of sp³-hybridized carbons (Fsp3) is 0.467. The predicted octanol–water partition coefficient (Wildman–Crippen LogP) is 2.66. The highest BCUT2D eigenvalue weighted by molar-refractivity contribution is 5.80. The molecule has 0 aliphatic heterocycles. The molecule has 1 atom stereocenters. The standard InChI is InChI=1S/C15H19F2NO5/c1-15(2,3)23-14(21)18(4)10(13(19)20)8-22-11-7-5-6-9(16)12(11)17/h5-7,10H,8H2,1-4H3,(H,19,20)/t10-/m0/s1. The van der Waals surface area contributed by atoms with Gasteiger partial charge in [-0.15, -0.1) is 0 Å². The summed E-state index contributed by atoms with van der Waals surface area (Å²) in [6, 6.07) is 1.86. The van der Waals surface area contributed by atoms with Gasteiger partial charge in [0.25, 0.3) is 0 Å². The van der Waals surface area contributed by atoms with Crippen LogP contribution >= 0.6 is 0 Å². The molecule has 0 saturated carbocycles. The maximum atomic E-state index is 13.5. The molecule has 0 fully saturated rings. The number of carboxylic acids is 1. The zero-order chi connectivity index (χ0) is 17.8. The highest BCUT2D eigenvalue weighted by Crippen LogP contribution is 2.20. The second-order valence-electron chi connectivity index (χ2n) is 5.81. The molecule has 0 spiro atoms. The number of ether oxygens (including phenoxy) is 2. The minimum Gasteiger partial charge on any atom is -0.488 e. The van der Waals surface area contributed by atoms with Gasteiger partial charge in [0.05, 0.1) is 0 Å². The van der Waals surface area contributed by atoms with Crippen molar-refractivity contribution in [1.29, 1.82) is 0 Å². The van der Waals surface area contributed by atoms with Gasteiger partial charge in [0.2, 0.25) is 5.82 Å². The van der Waals surface area contributed by atoms with E-state index in [1.54, 1.807) is 20.8 Å². The summed E-state index contributed by atoms with van der Waals surface area (Å²) < 4.78 is 36.6. The van der Waals surface area contributed by atoms with Gasteiger partial charge in [-0.1, -0.05) is 6.07 Å². The highest BCUT2D eigenvalue weighted by atomic mass is 19.2. The third-order valence-corrected chi connectivity index (χ3v) is 2.75. The van der Waals surface area contributed by atoms with Crippen molar-refractivity contribution in [2.45, 2.75) is 32.4 Å². The van der Waals surface area contributed by atoms with E-state index in [2.05, 4.69) is 0 Å². The van der Waals surface area contributed by atoms with Crippen LogP contribution in [0.25, 0.3) is 0 Å². The number of amides is 1. The van der Waals surface area contributed by atoms with Gasteiger partial charge in [0, 0.05) is 7.05 Å². The Balaban J connectivity index is 2.81. The molecule has 1 N–H and O–H groups in total. The summed E-state index contributed by atoms with van der Waals surface area (Å²) in [5.74, 6) is -4.14. The Morgan fingerprint density at radius 2 is 1.91 bits per heavy atom. The Morgan fingerprint density at radius 1 is 1.30 bits per heavy atom. The van der Waals surface area contributed by atoms with Gasteiger partial charge in [0.1, 0.15) is 12.2 Å². The molecule has 0 bridgehead atoms. The molecule has 23 heavy (non-hydrogen) atoms. The summed E-state index contributed by atoms with van der Waals surface area (Å²) in [4.78, 5) is 24.0. The first kappa shape index (κ1) is 18.7. The zero-order valence-corrected chi connectivity index (χ0v) is 13.3. The molecule has 0 heterocycles. The number of benzene rings is 1. The van der Waals surface area contributed by atoms with Gasteiger partial charge in [-0.25, -0.2) is 14.0 Å². The average molecular weight is 331 g/mol. The first-order valence-corrected chi connectivity index (χ1v) is 6.78. The lowest BCUT2D eigenvalue weighted by atomic mass is 10.2. The van der Waals surface area contributed by atoms with Crippen molar-refractivity contribution in [3.8, 4) is 5.75 Å². The third-order valence-electron chi connectivity index (χ3n) is 2.75. The number of rotatable bonds is 5. The molecule has 0 saturated heterocycles. The van der Waals surface area contributed by atoms with Crippen LogP contribution in [0.2, 0.25) is 0 Å². The smallest absolute Gasteiger partial charge is 0.410 e. The average Bonchev–Trinajstić information content (AvgIpc) is 2.41. The molecule has 6 nitrogen and oxygen atoms in total. The van der Waals surface area contributed by atoms with Gasteiger partial charge in [-0.05, 0) is 32.9 Å². The van der Waals surface area contributed by atoms with Crippen LogP contribution in [0.5, 0.6) is 5.75 Å². The maximum absolute atomic E-state index is 13.5. The van der Waals surface area contributed by atoms with Gasteiger partial charge in [-0.2, -0.15) is 4.39 Å². The van der Waals surface area contributed by atoms with Crippen LogP contribution in [0, 0.1) is 11.6 Å². The molecule has 1 aromatic carbocycles. The number of carboxylic acid groups (broad SMARTS) is 1. The Morgan fingerprint density at radius 3 is 2.43 bits per heavy atom. The van der Waals surface area contributed by atoms with Crippen molar-refractivity contribution in [1.82, 2.24) is 4.90 Å². The number of carbonyl (C=O) groups is 2. The van der Waals surface area contributed by atoms with Crippen molar-refractivity contribution in [2.24, 2.45) is 0 Å². The summed E-state index contributed by atoms with van der Waals surface area (Å²) in [7, 11) is 1.22. The topological polar surface area (TPSA) is 76.1 Å². The molecule has 1 rings (SSSR count). The SMILES string of the molecule is CN(C(=O)OC(C)(C)C)[C@@H](COc1cccc(F)c1F)C(=O)O. The van der Waals surface area contributed by atoms with E-state index in [1.165, 1.54) is 13.1 Å². The maximum Gasteiger partial charge on any atom is 0.410 e. The summed E-state index contributed by atoms with van der Waals surface area (Å²) in [6.07, 6.45) is -0.867. The number of hydrogen-bond acceptors (Lipinski definition) is 4. The van der Waals surface area contributed by atoms with Crippen LogP contribution in [0.1, 0.15) is 20.8 Å². The molecule has 1 amide bonds. The van der Waals surface area contributed by atoms with Gasteiger partial charge in [-0.3, -0.25) is 4.90 Å². The second-order valence-corrected chi connectivity index (χ2v) is 5.81. The van der Waals surface area contributed by atoms with Crippen molar-refractivity contribution >= 4 is 12.1 Å². The highest BCUT2D eigenvalue weighted by Gasteiger charge is 2.31. The summed E-state index contributed by atoms with van der Waals surface area (Å²) in [5.41, 5.74) is -0.802. The molecule has 0 aliphatic carbocycles. The number of halogens is 2. The predicted molar refractivity (Wildman–Crippen MR) is 77.3 cm³/mol. The lowest BCUT2D eigenvalue weighted by Gasteiger charge is -2.28. The van der Waals surface area contributed by atoms with Crippen LogP contribution in [0.15, 0.2) is 18.2 Å². The Hall–Kier alpha value is -2.38. The molecule has 0 unspecified atom stereocenters. The molecule has 0 aromatic heterocycles. The summed E-state index contributed by atoms with van der Waals surface area (Å²) in [5, 5.41) is 9.20. The number of hydrogen-bond donors (Lipinski definition) is 1. The van der Waals surface area contributed by atoms with Gasteiger partial charge >= 0.3 is 12.1 Å². The Bertz CT molecular complexity index is 586. The first-order valence-electron chi connectivity index (χ1n) is 6.78. The first-order chi connectivity index (χ1) is 10.5. The minimum atomic E-state index is -1.42.